The van der Waals surface area contributed by atoms with Gasteiger partial charge in [0.1, 0.15) is 0 Å². The topological polar surface area (TPSA) is 46.2 Å². The van der Waals surface area contributed by atoms with Crippen molar-refractivity contribution in [1.29, 1.82) is 0 Å². The van der Waals surface area contributed by atoms with Crippen LogP contribution in [0.25, 0.3) is 0 Å². The van der Waals surface area contributed by atoms with Gasteiger partial charge >= 0.3 is 0 Å². The summed E-state index contributed by atoms with van der Waals surface area (Å²) in [5.74, 6) is 0.679. The van der Waals surface area contributed by atoms with Crippen LogP contribution in [0.5, 0.6) is 0 Å². The predicted molar refractivity (Wildman–Crippen MR) is 41.6 cm³/mol. The SMILES string of the molecule is NCC1CC/C(=C/CO)C1. The Bertz CT molecular complexity index is 131. The Labute approximate surface area is 61.7 Å². The first-order chi connectivity index (χ1) is 4.86. The molecule has 1 aliphatic rings. The molecule has 1 aliphatic carbocycles. The van der Waals surface area contributed by atoms with E-state index in [0.717, 1.165) is 19.4 Å². The second kappa shape index (κ2) is 3.74. The van der Waals surface area contributed by atoms with Gasteiger partial charge in [-0.15, -0.1) is 0 Å². The Morgan fingerprint density at radius 2 is 2.50 bits per heavy atom. The summed E-state index contributed by atoms with van der Waals surface area (Å²) in [6, 6.07) is 0. The molecule has 1 fully saturated rings. The molecule has 2 heteroatoms. The minimum atomic E-state index is 0.187. The number of hydrogen-bond donors (Lipinski definition) is 2. The molecule has 0 heterocycles. The number of aliphatic hydroxyl groups is 1. The molecule has 0 saturated heterocycles. The highest BCUT2D eigenvalue weighted by Gasteiger charge is 2.16. The van der Waals surface area contributed by atoms with Crippen LogP contribution >= 0.6 is 0 Å². The lowest BCUT2D eigenvalue weighted by Gasteiger charge is -2.00. The maximum Gasteiger partial charge on any atom is 0.0615 e. The lowest BCUT2D eigenvalue weighted by atomic mass is 10.1. The number of aliphatic hydroxyl groups excluding tert-OH is 1. The molecule has 0 spiro atoms. The van der Waals surface area contributed by atoms with Crippen LogP contribution in [-0.2, 0) is 0 Å². The van der Waals surface area contributed by atoms with Crippen LogP contribution in [0.4, 0.5) is 0 Å². The predicted octanol–water partition coefficient (Wildman–Crippen LogP) is 0.664. The molecule has 0 radical (unpaired) electrons. The first kappa shape index (κ1) is 7.76. The molecule has 0 aromatic carbocycles. The number of allylic oxidation sites excluding steroid dienone is 1. The smallest absolute Gasteiger partial charge is 0.0615 e. The van der Waals surface area contributed by atoms with Crippen LogP contribution in [0.2, 0.25) is 0 Å². The third-order valence-corrected chi connectivity index (χ3v) is 2.14. The molecule has 1 saturated carbocycles. The molecule has 0 bridgehead atoms. The summed E-state index contributed by atoms with van der Waals surface area (Å²) in [4.78, 5) is 0. The van der Waals surface area contributed by atoms with Crippen molar-refractivity contribution in [3.63, 3.8) is 0 Å². The van der Waals surface area contributed by atoms with Gasteiger partial charge in [-0.3, -0.25) is 0 Å². The zero-order valence-electron chi connectivity index (χ0n) is 6.21. The first-order valence-corrected chi connectivity index (χ1v) is 3.85. The summed E-state index contributed by atoms with van der Waals surface area (Å²) in [7, 11) is 0. The molecule has 1 rings (SSSR count). The summed E-state index contributed by atoms with van der Waals surface area (Å²) >= 11 is 0. The van der Waals surface area contributed by atoms with Crippen LogP contribution in [-0.4, -0.2) is 18.3 Å². The van der Waals surface area contributed by atoms with Gasteiger partial charge in [0.15, 0.2) is 0 Å². The van der Waals surface area contributed by atoms with Crippen molar-refractivity contribution < 1.29 is 5.11 Å². The van der Waals surface area contributed by atoms with Gasteiger partial charge in [0.25, 0.3) is 0 Å². The quantitative estimate of drug-likeness (QED) is 0.555. The lowest BCUT2D eigenvalue weighted by molar-refractivity contribution is 0.341. The van der Waals surface area contributed by atoms with E-state index in [-0.39, 0.29) is 6.61 Å². The lowest BCUT2D eigenvalue weighted by Crippen LogP contribution is -2.09. The Morgan fingerprint density at radius 3 is 3.00 bits per heavy atom. The van der Waals surface area contributed by atoms with E-state index in [1.165, 1.54) is 12.0 Å². The Balaban J connectivity index is 2.35. The second-order valence-electron chi connectivity index (χ2n) is 2.89. The van der Waals surface area contributed by atoms with E-state index < -0.39 is 0 Å². The number of hydrogen-bond acceptors (Lipinski definition) is 2. The maximum atomic E-state index is 8.58. The zero-order chi connectivity index (χ0) is 7.40. The average Bonchev–Trinajstić information content (AvgIpc) is 2.37. The molecule has 3 N–H and O–H groups in total. The third-order valence-electron chi connectivity index (χ3n) is 2.14. The minimum Gasteiger partial charge on any atom is -0.392 e. The number of rotatable bonds is 2. The Hall–Kier alpha value is -0.340. The van der Waals surface area contributed by atoms with Gasteiger partial charge in [0.05, 0.1) is 6.61 Å². The molecular weight excluding hydrogens is 126 g/mol. The highest BCUT2D eigenvalue weighted by molar-refractivity contribution is 5.08. The summed E-state index contributed by atoms with van der Waals surface area (Å²) in [5.41, 5.74) is 6.89. The van der Waals surface area contributed by atoms with Crippen molar-refractivity contribution in [2.24, 2.45) is 11.7 Å². The van der Waals surface area contributed by atoms with Crippen molar-refractivity contribution in [2.75, 3.05) is 13.2 Å². The molecule has 0 aromatic rings. The van der Waals surface area contributed by atoms with Gasteiger partial charge in [-0.1, -0.05) is 11.6 Å². The normalized spacial score (nSPS) is 29.8. The van der Waals surface area contributed by atoms with E-state index in [9.17, 15) is 0 Å². The van der Waals surface area contributed by atoms with Gasteiger partial charge in [-0.05, 0) is 31.7 Å². The van der Waals surface area contributed by atoms with Crippen LogP contribution in [0.1, 0.15) is 19.3 Å². The van der Waals surface area contributed by atoms with Crippen LogP contribution in [0.3, 0.4) is 0 Å². The van der Waals surface area contributed by atoms with E-state index in [2.05, 4.69) is 0 Å². The maximum absolute atomic E-state index is 8.58. The van der Waals surface area contributed by atoms with E-state index in [4.69, 9.17) is 10.8 Å². The van der Waals surface area contributed by atoms with E-state index in [1.807, 2.05) is 6.08 Å². The molecule has 58 valence electrons. The monoisotopic (exact) mass is 141 g/mol. The van der Waals surface area contributed by atoms with Crippen molar-refractivity contribution in [3.8, 4) is 0 Å². The summed E-state index contributed by atoms with van der Waals surface area (Å²) < 4.78 is 0. The summed E-state index contributed by atoms with van der Waals surface area (Å²) in [5, 5.41) is 8.58. The van der Waals surface area contributed by atoms with Crippen molar-refractivity contribution in [3.05, 3.63) is 11.6 Å². The van der Waals surface area contributed by atoms with Gasteiger partial charge in [-0.2, -0.15) is 0 Å². The second-order valence-corrected chi connectivity index (χ2v) is 2.89. The van der Waals surface area contributed by atoms with Gasteiger partial charge in [0.2, 0.25) is 0 Å². The molecule has 0 aromatic heterocycles. The highest BCUT2D eigenvalue weighted by atomic mass is 16.2. The minimum absolute atomic E-state index is 0.187. The highest BCUT2D eigenvalue weighted by Crippen LogP contribution is 2.28. The summed E-state index contributed by atoms with van der Waals surface area (Å²) in [6.45, 7) is 0.982. The van der Waals surface area contributed by atoms with Gasteiger partial charge < -0.3 is 10.8 Å². The van der Waals surface area contributed by atoms with Crippen LogP contribution in [0.15, 0.2) is 11.6 Å². The Kier molecular flexibility index (Phi) is 2.90. The standard InChI is InChI=1S/C8H15NO/c9-6-8-2-1-7(5-8)3-4-10/h3,8,10H,1-2,4-6,9H2/b7-3-. The zero-order valence-corrected chi connectivity index (χ0v) is 6.21. The fourth-order valence-electron chi connectivity index (χ4n) is 1.48. The van der Waals surface area contributed by atoms with Crippen molar-refractivity contribution in [1.82, 2.24) is 0 Å². The van der Waals surface area contributed by atoms with Crippen molar-refractivity contribution in [2.45, 2.75) is 19.3 Å². The van der Waals surface area contributed by atoms with E-state index in [1.54, 1.807) is 0 Å². The van der Waals surface area contributed by atoms with E-state index >= 15 is 0 Å². The number of nitrogens with two attached hydrogens (primary N) is 1. The molecule has 1 atom stereocenters. The molecule has 0 amide bonds. The third kappa shape index (κ3) is 1.82. The molecule has 0 aliphatic heterocycles. The van der Waals surface area contributed by atoms with E-state index in [0.29, 0.717) is 5.92 Å². The Morgan fingerprint density at radius 1 is 1.70 bits per heavy atom. The van der Waals surface area contributed by atoms with Crippen molar-refractivity contribution >= 4 is 0 Å². The molecule has 1 unspecified atom stereocenters. The largest absolute Gasteiger partial charge is 0.392 e. The molecular formula is C8H15NO. The fraction of sp³-hybridized carbons (Fsp3) is 0.750. The fourth-order valence-corrected chi connectivity index (χ4v) is 1.48. The first-order valence-electron chi connectivity index (χ1n) is 3.85. The van der Waals surface area contributed by atoms with Gasteiger partial charge in [-0.25, -0.2) is 0 Å². The van der Waals surface area contributed by atoms with Crippen LogP contribution < -0.4 is 5.73 Å². The van der Waals surface area contributed by atoms with Gasteiger partial charge in [0, 0.05) is 0 Å². The van der Waals surface area contributed by atoms with Crippen LogP contribution in [0, 0.1) is 5.92 Å². The summed E-state index contributed by atoms with van der Waals surface area (Å²) in [6.07, 6.45) is 5.37. The molecule has 2 nitrogen and oxygen atoms in total. The average molecular weight is 141 g/mol. The molecule has 10 heavy (non-hydrogen) atoms.